The molecule has 10 heteroatoms. The van der Waals surface area contributed by atoms with Crippen molar-refractivity contribution >= 4 is 17.5 Å². The van der Waals surface area contributed by atoms with Crippen LogP contribution in [0.4, 0.5) is 14.5 Å². The minimum Gasteiger partial charge on any atom is -0.497 e. The van der Waals surface area contributed by atoms with Crippen LogP contribution < -0.4 is 9.64 Å². The average Bonchev–Trinajstić information content (AvgIpc) is 3.48. The lowest BCUT2D eigenvalue weighted by atomic mass is 10.1. The number of halogens is 2. The second-order valence-electron chi connectivity index (χ2n) is 10.2. The molecular weight excluding hydrogens is 542 g/mol. The van der Waals surface area contributed by atoms with Gasteiger partial charge in [-0.25, -0.2) is 8.78 Å². The Morgan fingerprint density at radius 3 is 2.48 bits per heavy atom. The SMILES string of the molecule is COc1cccc(-c2cc(C(=O)N3CCN(Cc4ccccc4)CCCN(C(C)=O)c4cc(F)c(F)cc4C3)no2)c1. The van der Waals surface area contributed by atoms with E-state index in [0.717, 1.165) is 17.7 Å². The van der Waals surface area contributed by atoms with Crippen LogP contribution in [0.2, 0.25) is 0 Å². The first-order valence-electron chi connectivity index (χ1n) is 13.7. The maximum atomic E-state index is 14.5. The Labute approximate surface area is 243 Å². The van der Waals surface area contributed by atoms with Gasteiger partial charge in [0.1, 0.15) is 5.75 Å². The summed E-state index contributed by atoms with van der Waals surface area (Å²) in [5, 5.41) is 4.04. The predicted octanol–water partition coefficient (Wildman–Crippen LogP) is 5.53. The molecular formula is C32H32F2N4O4. The van der Waals surface area contributed by atoms with Crippen molar-refractivity contribution < 1.29 is 27.6 Å². The predicted molar refractivity (Wildman–Crippen MR) is 154 cm³/mol. The van der Waals surface area contributed by atoms with Crippen molar-refractivity contribution in [2.75, 3.05) is 38.2 Å². The molecule has 1 aromatic heterocycles. The molecule has 3 aromatic carbocycles. The molecule has 0 fully saturated rings. The molecule has 1 aliphatic heterocycles. The van der Waals surface area contributed by atoms with E-state index in [2.05, 4.69) is 10.1 Å². The summed E-state index contributed by atoms with van der Waals surface area (Å²) in [7, 11) is 1.56. The van der Waals surface area contributed by atoms with Gasteiger partial charge >= 0.3 is 0 Å². The smallest absolute Gasteiger partial charge is 0.276 e. The van der Waals surface area contributed by atoms with Gasteiger partial charge in [-0.2, -0.15) is 0 Å². The Kier molecular flexibility index (Phi) is 8.92. The maximum Gasteiger partial charge on any atom is 0.276 e. The molecule has 4 aromatic rings. The van der Waals surface area contributed by atoms with E-state index in [9.17, 15) is 18.4 Å². The number of fused-ring (bicyclic) bond motifs is 1. The lowest BCUT2D eigenvalue weighted by Crippen LogP contribution is -2.38. The number of anilines is 1. The highest BCUT2D eigenvalue weighted by Gasteiger charge is 2.26. The molecule has 0 atom stereocenters. The van der Waals surface area contributed by atoms with Crippen molar-refractivity contribution in [1.29, 1.82) is 0 Å². The van der Waals surface area contributed by atoms with Gasteiger partial charge in [-0.1, -0.05) is 47.6 Å². The van der Waals surface area contributed by atoms with Gasteiger partial charge in [0.05, 0.1) is 12.8 Å². The van der Waals surface area contributed by atoms with Gasteiger partial charge < -0.3 is 19.1 Å². The van der Waals surface area contributed by atoms with E-state index in [1.165, 1.54) is 16.7 Å². The summed E-state index contributed by atoms with van der Waals surface area (Å²) in [6.45, 7) is 3.72. The summed E-state index contributed by atoms with van der Waals surface area (Å²) in [6.07, 6.45) is 0.603. The number of carbonyl (C=O) groups excluding carboxylic acids is 2. The number of amides is 2. The molecule has 0 saturated heterocycles. The zero-order chi connectivity index (χ0) is 29.6. The Morgan fingerprint density at radius 2 is 1.71 bits per heavy atom. The number of hydrogen-bond acceptors (Lipinski definition) is 6. The Morgan fingerprint density at radius 1 is 0.929 bits per heavy atom. The van der Waals surface area contributed by atoms with E-state index in [0.29, 0.717) is 55.2 Å². The van der Waals surface area contributed by atoms with Gasteiger partial charge in [-0.3, -0.25) is 14.5 Å². The number of aromatic nitrogens is 1. The second-order valence-corrected chi connectivity index (χ2v) is 10.2. The summed E-state index contributed by atoms with van der Waals surface area (Å²) < 4.78 is 39.8. The number of carbonyl (C=O) groups is 2. The molecule has 2 heterocycles. The highest BCUT2D eigenvalue weighted by Crippen LogP contribution is 2.29. The first kappa shape index (κ1) is 28.9. The fraction of sp³-hybridized carbons (Fsp3) is 0.281. The van der Waals surface area contributed by atoms with Crippen LogP contribution in [-0.2, 0) is 17.9 Å². The van der Waals surface area contributed by atoms with E-state index in [-0.39, 0.29) is 30.4 Å². The third-order valence-corrected chi connectivity index (χ3v) is 7.32. The third-order valence-electron chi connectivity index (χ3n) is 7.32. The van der Waals surface area contributed by atoms with E-state index >= 15 is 0 Å². The number of hydrogen-bond donors (Lipinski definition) is 0. The van der Waals surface area contributed by atoms with Crippen LogP contribution in [0.25, 0.3) is 11.3 Å². The summed E-state index contributed by atoms with van der Waals surface area (Å²) in [5.41, 5.74) is 2.44. The van der Waals surface area contributed by atoms with Crippen molar-refractivity contribution in [2.45, 2.75) is 26.4 Å². The number of rotatable bonds is 5. The fourth-order valence-corrected chi connectivity index (χ4v) is 5.14. The molecule has 0 saturated carbocycles. The number of benzene rings is 3. The average molecular weight is 575 g/mol. The van der Waals surface area contributed by atoms with Crippen molar-refractivity contribution in [1.82, 2.24) is 15.0 Å². The Hall–Kier alpha value is -4.57. The summed E-state index contributed by atoms with van der Waals surface area (Å²) in [5.74, 6) is -1.82. The summed E-state index contributed by atoms with van der Waals surface area (Å²) in [6, 6.07) is 20.8. The normalized spacial score (nSPS) is 14.7. The molecule has 0 spiro atoms. The van der Waals surface area contributed by atoms with Gasteiger partial charge in [-0.05, 0) is 35.7 Å². The number of nitrogens with zero attached hydrogens (tertiary/aromatic N) is 4. The van der Waals surface area contributed by atoms with Gasteiger partial charge in [0, 0.05) is 63.9 Å². The van der Waals surface area contributed by atoms with Crippen LogP contribution in [0.1, 0.15) is 35.0 Å². The van der Waals surface area contributed by atoms with Crippen molar-refractivity contribution in [3.05, 3.63) is 101 Å². The molecule has 0 radical (unpaired) electrons. The van der Waals surface area contributed by atoms with Crippen molar-refractivity contribution in [3.8, 4) is 17.1 Å². The van der Waals surface area contributed by atoms with Crippen LogP contribution in [0.5, 0.6) is 5.75 Å². The standard InChI is InChI=1S/C32H32F2N4O4/c1-22(39)38-13-7-12-36(20-23-8-4-3-5-9-23)14-15-37(21-25-17-27(33)28(34)18-30(25)38)32(40)29-19-31(42-35-29)24-10-6-11-26(16-24)41-2/h3-6,8-11,16-19H,7,12-15,20-21H2,1-2H3. The Bertz CT molecular complexity index is 1560. The van der Waals surface area contributed by atoms with E-state index < -0.39 is 17.5 Å². The molecule has 0 bridgehead atoms. The largest absolute Gasteiger partial charge is 0.497 e. The third kappa shape index (κ3) is 6.66. The summed E-state index contributed by atoms with van der Waals surface area (Å²) >= 11 is 0. The molecule has 42 heavy (non-hydrogen) atoms. The highest BCUT2D eigenvalue weighted by molar-refractivity contribution is 5.94. The first-order valence-corrected chi connectivity index (χ1v) is 13.7. The maximum absolute atomic E-state index is 14.5. The topological polar surface area (TPSA) is 79.1 Å². The minimum absolute atomic E-state index is 0.0598. The van der Waals surface area contributed by atoms with Gasteiger partial charge in [-0.15, -0.1) is 0 Å². The zero-order valence-electron chi connectivity index (χ0n) is 23.6. The lowest BCUT2D eigenvalue weighted by Gasteiger charge is -2.27. The fourth-order valence-electron chi connectivity index (χ4n) is 5.14. The molecule has 1 aliphatic rings. The molecule has 0 aliphatic carbocycles. The van der Waals surface area contributed by atoms with Crippen LogP contribution in [0, 0.1) is 11.6 Å². The van der Waals surface area contributed by atoms with Crippen molar-refractivity contribution in [2.24, 2.45) is 0 Å². The van der Waals surface area contributed by atoms with Crippen LogP contribution in [0.3, 0.4) is 0 Å². The first-order chi connectivity index (χ1) is 20.3. The quantitative estimate of drug-likeness (QED) is 0.312. The monoisotopic (exact) mass is 574 g/mol. The van der Waals surface area contributed by atoms with Crippen LogP contribution in [0.15, 0.2) is 77.3 Å². The number of methoxy groups -OCH3 is 1. The van der Waals surface area contributed by atoms with Crippen molar-refractivity contribution in [3.63, 3.8) is 0 Å². The zero-order valence-corrected chi connectivity index (χ0v) is 23.6. The second kappa shape index (κ2) is 12.9. The van der Waals surface area contributed by atoms with E-state index in [4.69, 9.17) is 9.26 Å². The molecule has 0 N–H and O–H groups in total. The molecule has 218 valence electrons. The van der Waals surface area contributed by atoms with Crippen LogP contribution >= 0.6 is 0 Å². The van der Waals surface area contributed by atoms with E-state index in [1.54, 1.807) is 31.4 Å². The molecule has 8 nitrogen and oxygen atoms in total. The van der Waals surface area contributed by atoms with Gasteiger partial charge in [0.25, 0.3) is 5.91 Å². The van der Waals surface area contributed by atoms with Gasteiger partial charge in [0.2, 0.25) is 5.91 Å². The molecule has 5 rings (SSSR count). The highest BCUT2D eigenvalue weighted by atomic mass is 19.2. The lowest BCUT2D eigenvalue weighted by molar-refractivity contribution is -0.116. The van der Waals surface area contributed by atoms with E-state index in [1.807, 2.05) is 36.4 Å². The van der Waals surface area contributed by atoms with Crippen LogP contribution in [-0.4, -0.2) is 60.1 Å². The Balaban J connectivity index is 1.49. The summed E-state index contributed by atoms with van der Waals surface area (Å²) in [4.78, 5) is 31.7. The minimum atomic E-state index is -1.06. The number of ether oxygens (including phenoxy) is 1. The molecule has 0 unspecified atom stereocenters. The molecule has 2 amide bonds. The van der Waals surface area contributed by atoms with Gasteiger partial charge in [0.15, 0.2) is 23.1 Å².